The third kappa shape index (κ3) is 4.40. The summed E-state index contributed by atoms with van der Waals surface area (Å²) in [6.45, 7) is -0.821. The minimum absolute atomic E-state index is 0.245. The molecule has 0 aliphatic heterocycles. The van der Waals surface area contributed by atoms with Crippen molar-refractivity contribution in [2.45, 2.75) is 12.7 Å². The molecule has 0 fully saturated rings. The third-order valence-corrected chi connectivity index (χ3v) is 2.27. The maximum absolute atomic E-state index is 12.0. The molecule has 0 unspecified atom stereocenters. The SMILES string of the molecule is CNCc1cc(Br)ccc1OCC(F)(F)F. The highest BCUT2D eigenvalue weighted by molar-refractivity contribution is 9.10. The first-order valence-electron chi connectivity index (χ1n) is 4.55. The van der Waals surface area contributed by atoms with E-state index in [1.165, 1.54) is 6.07 Å². The average Bonchev–Trinajstić information content (AvgIpc) is 2.15. The molecule has 2 nitrogen and oxygen atoms in total. The fourth-order valence-electron chi connectivity index (χ4n) is 1.18. The number of rotatable bonds is 4. The van der Waals surface area contributed by atoms with E-state index >= 15 is 0 Å². The normalized spacial score (nSPS) is 11.6. The predicted molar refractivity (Wildman–Crippen MR) is 58.5 cm³/mol. The van der Waals surface area contributed by atoms with Gasteiger partial charge in [0.1, 0.15) is 5.75 Å². The fourth-order valence-corrected chi connectivity index (χ4v) is 1.59. The highest BCUT2D eigenvalue weighted by Gasteiger charge is 2.28. The van der Waals surface area contributed by atoms with E-state index in [0.717, 1.165) is 4.47 Å². The smallest absolute Gasteiger partial charge is 0.422 e. The van der Waals surface area contributed by atoms with Gasteiger partial charge in [0.2, 0.25) is 0 Å². The summed E-state index contributed by atoms with van der Waals surface area (Å²) in [6.07, 6.45) is -4.32. The van der Waals surface area contributed by atoms with Crippen LogP contribution in [0.5, 0.6) is 5.75 Å². The molecule has 0 saturated heterocycles. The lowest BCUT2D eigenvalue weighted by molar-refractivity contribution is -0.153. The third-order valence-electron chi connectivity index (χ3n) is 1.78. The lowest BCUT2D eigenvalue weighted by Crippen LogP contribution is -2.20. The molecule has 0 aromatic heterocycles. The van der Waals surface area contributed by atoms with Crippen LogP contribution in [0.3, 0.4) is 0 Å². The lowest BCUT2D eigenvalue weighted by Gasteiger charge is -2.13. The van der Waals surface area contributed by atoms with Gasteiger partial charge in [-0.1, -0.05) is 15.9 Å². The highest BCUT2D eigenvalue weighted by Crippen LogP contribution is 2.25. The minimum Gasteiger partial charge on any atom is -0.484 e. The Hall–Kier alpha value is -0.750. The molecular formula is C10H11BrF3NO. The minimum atomic E-state index is -4.32. The van der Waals surface area contributed by atoms with Crippen molar-refractivity contribution in [1.29, 1.82) is 0 Å². The van der Waals surface area contributed by atoms with Crippen LogP contribution in [0.25, 0.3) is 0 Å². The Morgan fingerprint density at radius 2 is 2.06 bits per heavy atom. The van der Waals surface area contributed by atoms with Crippen molar-refractivity contribution in [2.24, 2.45) is 0 Å². The van der Waals surface area contributed by atoms with Gasteiger partial charge in [-0.2, -0.15) is 13.2 Å². The molecule has 1 rings (SSSR count). The summed E-state index contributed by atoms with van der Waals surface area (Å²) in [7, 11) is 1.72. The predicted octanol–water partition coefficient (Wildman–Crippen LogP) is 3.11. The van der Waals surface area contributed by atoms with Crippen LogP contribution in [0.2, 0.25) is 0 Å². The summed E-state index contributed by atoms with van der Waals surface area (Å²) in [4.78, 5) is 0. The molecular weight excluding hydrogens is 287 g/mol. The van der Waals surface area contributed by atoms with E-state index in [9.17, 15) is 13.2 Å². The second kappa shape index (κ2) is 5.54. The monoisotopic (exact) mass is 297 g/mol. The van der Waals surface area contributed by atoms with E-state index in [1.807, 2.05) is 0 Å². The molecule has 6 heteroatoms. The zero-order valence-electron chi connectivity index (χ0n) is 8.57. The van der Waals surface area contributed by atoms with Gasteiger partial charge in [-0.25, -0.2) is 0 Å². The van der Waals surface area contributed by atoms with Crippen LogP contribution in [0.15, 0.2) is 22.7 Å². The summed E-state index contributed by atoms with van der Waals surface area (Å²) in [5.74, 6) is 0.245. The first kappa shape index (κ1) is 13.3. The summed E-state index contributed by atoms with van der Waals surface area (Å²) in [6, 6.07) is 4.88. The van der Waals surface area contributed by atoms with Gasteiger partial charge >= 0.3 is 6.18 Å². The summed E-state index contributed by atoms with van der Waals surface area (Å²) >= 11 is 3.25. The number of halogens is 4. The fraction of sp³-hybridized carbons (Fsp3) is 0.400. The Bertz CT molecular complexity index is 354. The van der Waals surface area contributed by atoms with Gasteiger partial charge in [-0.05, 0) is 25.2 Å². The number of alkyl halides is 3. The second-order valence-corrected chi connectivity index (χ2v) is 4.10. The first-order chi connectivity index (χ1) is 7.42. The molecule has 0 bridgehead atoms. The number of nitrogens with one attached hydrogen (secondary N) is 1. The Morgan fingerprint density at radius 1 is 1.38 bits per heavy atom. The topological polar surface area (TPSA) is 21.3 Å². The van der Waals surface area contributed by atoms with Crippen molar-refractivity contribution >= 4 is 15.9 Å². The van der Waals surface area contributed by atoms with Crippen molar-refractivity contribution in [3.63, 3.8) is 0 Å². The van der Waals surface area contributed by atoms with Crippen LogP contribution in [0.4, 0.5) is 13.2 Å². The van der Waals surface area contributed by atoms with Crippen molar-refractivity contribution in [2.75, 3.05) is 13.7 Å². The summed E-state index contributed by atoms with van der Waals surface area (Å²) in [5, 5.41) is 2.87. The Labute approximate surface area is 99.9 Å². The molecule has 0 aliphatic carbocycles. The molecule has 1 aromatic rings. The van der Waals surface area contributed by atoms with E-state index < -0.39 is 12.8 Å². The zero-order valence-corrected chi connectivity index (χ0v) is 10.2. The number of hydrogen-bond donors (Lipinski definition) is 1. The number of benzene rings is 1. The Balaban J connectivity index is 2.78. The second-order valence-electron chi connectivity index (χ2n) is 3.19. The van der Waals surface area contributed by atoms with E-state index in [-0.39, 0.29) is 5.75 Å². The average molecular weight is 298 g/mol. The van der Waals surface area contributed by atoms with Gasteiger partial charge in [-0.15, -0.1) is 0 Å². The van der Waals surface area contributed by atoms with Crippen LogP contribution in [0, 0.1) is 0 Å². The van der Waals surface area contributed by atoms with Gasteiger partial charge < -0.3 is 10.1 Å². The molecule has 16 heavy (non-hydrogen) atoms. The van der Waals surface area contributed by atoms with E-state index in [2.05, 4.69) is 21.2 Å². The van der Waals surface area contributed by atoms with Crippen molar-refractivity contribution in [3.8, 4) is 5.75 Å². The van der Waals surface area contributed by atoms with Crippen LogP contribution in [-0.4, -0.2) is 19.8 Å². The molecule has 1 N–H and O–H groups in total. The van der Waals surface area contributed by atoms with Crippen molar-refractivity contribution < 1.29 is 17.9 Å². The van der Waals surface area contributed by atoms with Gasteiger partial charge in [0.05, 0.1) is 0 Å². The van der Waals surface area contributed by atoms with Crippen LogP contribution in [0.1, 0.15) is 5.56 Å². The van der Waals surface area contributed by atoms with Gasteiger partial charge in [0.25, 0.3) is 0 Å². The molecule has 0 atom stereocenters. The van der Waals surface area contributed by atoms with Crippen molar-refractivity contribution in [3.05, 3.63) is 28.2 Å². The van der Waals surface area contributed by atoms with Crippen molar-refractivity contribution in [1.82, 2.24) is 5.32 Å². The van der Waals surface area contributed by atoms with E-state index in [0.29, 0.717) is 12.1 Å². The molecule has 0 saturated carbocycles. The quantitative estimate of drug-likeness (QED) is 0.922. The lowest BCUT2D eigenvalue weighted by atomic mass is 10.2. The standard InChI is InChI=1S/C10H11BrF3NO/c1-15-5-7-4-8(11)2-3-9(7)16-6-10(12,13)14/h2-4,15H,5-6H2,1H3. The molecule has 0 heterocycles. The first-order valence-corrected chi connectivity index (χ1v) is 5.34. The summed E-state index contributed by atoms with van der Waals surface area (Å²) in [5.41, 5.74) is 0.682. The van der Waals surface area contributed by atoms with E-state index in [1.54, 1.807) is 19.2 Å². The molecule has 1 aromatic carbocycles. The molecule has 0 spiro atoms. The number of ether oxygens (including phenoxy) is 1. The van der Waals surface area contributed by atoms with Gasteiger partial charge in [0.15, 0.2) is 6.61 Å². The van der Waals surface area contributed by atoms with Crippen LogP contribution >= 0.6 is 15.9 Å². The summed E-state index contributed by atoms with van der Waals surface area (Å²) < 4.78 is 41.5. The Kier molecular flexibility index (Phi) is 4.61. The highest BCUT2D eigenvalue weighted by atomic mass is 79.9. The largest absolute Gasteiger partial charge is 0.484 e. The van der Waals surface area contributed by atoms with Crippen LogP contribution < -0.4 is 10.1 Å². The maximum atomic E-state index is 12.0. The molecule has 0 amide bonds. The number of hydrogen-bond acceptors (Lipinski definition) is 2. The van der Waals surface area contributed by atoms with Crippen LogP contribution in [-0.2, 0) is 6.54 Å². The Morgan fingerprint density at radius 3 is 2.62 bits per heavy atom. The molecule has 90 valence electrons. The molecule has 0 radical (unpaired) electrons. The van der Waals surface area contributed by atoms with E-state index in [4.69, 9.17) is 4.74 Å². The van der Waals surface area contributed by atoms with Gasteiger partial charge in [0, 0.05) is 16.6 Å². The molecule has 0 aliphatic rings. The van der Waals surface area contributed by atoms with Gasteiger partial charge in [-0.3, -0.25) is 0 Å². The maximum Gasteiger partial charge on any atom is 0.422 e. The zero-order chi connectivity index (χ0) is 12.2.